The number of fused-ring (bicyclic) bond motifs is 1. The fraction of sp³-hybridized carbons (Fsp3) is 0.278. The summed E-state index contributed by atoms with van der Waals surface area (Å²) in [6.07, 6.45) is -1.16. The molecule has 142 valence electrons. The largest absolute Gasteiger partial charge is 0.573 e. The van der Waals surface area contributed by atoms with E-state index in [2.05, 4.69) is 15.6 Å². The number of nitrogens with zero attached hydrogens (tertiary/aromatic N) is 2. The molecule has 2 aromatic heterocycles. The number of hydrogen-bond donors (Lipinski definition) is 2. The molecule has 0 unspecified atom stereocenters. The molecule has 1 saturated heterocycles. The molecule has 0 aliphatic carbocycles. The van der Waals surface area contributed by atoms with Crippen molar-refractivity contribution in [3.63, 3.8) is 0 Å². The Bertz CT molecular complexity index is 1030. The number of benzene rings is 1. The number of hydrogen-bond acceptors (Lipinski definition) is 4. The highest BCUT2D eigenvalue weighted by atomic mass is 19.4. The van der Waals surface area contributed by atoms with Gasteiger partial charge in [-0.05, 0) is 35.9 Å². The molecule has 27 heavy (non-hydrogen) atoms. The van der Waals surface area contributed by atoms with Crippen LogP contribution in [0.3, 0.4) is 0 Å². The van der Waals surface area contributed by atoms with Gasteiger partial charge in [-0.3, -0.25) is 20.2 Å². The minimum atomic E-state index is -4.75. The fourth-order valence-electron chi connectivity index (χ4n) is 3.42. The lowest BCUT2D eigenvalue weighted by atomic mass is 9.98. The van der Waals surface area contributed by atoms with Crippen LogP contribution in [0.25, 0.3) is 16.6 Å². The number of halogens is 3. The van der Waals surface area contributed by atoms with Gasteiger partial charge in [-0.1, -0.05) is 0 Å². The molecular weight excluding hydrogens is 361 g/mol. The van der Waals surface area contributed by atoms with Gasteiger partial charge in [0.05, 0.1) is 0 Å². The van der Waals surface area contributed by atoms with Crippen LogP contribution in [0, 0.1) is 0 Å². The van der Waals surface area contributed by atoms with Crippen molar-refractivity contribution in [1.29, 1.82) is 0 Å². The van der Waals surface area contributed by atoms with E-state index in [4.69, 9.17) is 0 Å². The first kappa shape index (κ1) is 17.6. The van der Waals surface area contributed by atoms with Crippen LogP contribution in [0.15, 0.2) is 47.5 Å². The van der Waals surface area contributed by atoms with E-state index < -0.39 is 6.36 Å². The monoisotopic (exact) mass is 378 g/mol. The normalized spacial score (nSPS) is 15.6. The second-order valence-electron chi connectivity index (χ2n) is 6.45. The third-order valence-electron chi connectivity index (χ3n) is 4.68. The number of pyridine rings is 1. The molecule has 0 amide bonds. The first-order chi connectivity index (χ1) is 12.8. The number of aryl methyl sites for hydroxylation is 1. The number of aromatic nitrogens is 2. The number of rotatable bonds is 3. The van der Waals surface area contributed by atoms with Crippen LogP contribution >= 0.6 is 0 Å². The van der Waals surface area contributed by atoms with Gasteiger partial charge in [-0.25, -0.2) is 0 Å². The van der Waals surface area contributed by atoms with Crippen molar-refractivity contribution >= 4 is 10.9 Å². The third kappa shape index (κ3) is 3.31. The second-order valence-corrected chi connectivity index (χ2v) is 6.45. The van der Waals surface area contributed by atoms with Crippen molar-refractivity contribution in [3.8, 4) is 11.4 Å². The van der Waals surface area contributed by atoms with Crippen LogP contribution in [0.2, 0.25) is 0 Å². The van der Waals surface area contributed by atoms with Crippen molar-refractivity contribution in [2.24, 2.45) is 7.05 Å². The Morgan fingerprint density at radius 2 is 1.78 bits per heavy atom. The molecule has 0 radical (unpaired) electrons. The predicted molar refractivity (Wildman–Crippen MR) is 93.9 cm³/mol. The van der Waals surface area contributed by atoms with Gasteiger partial charge < -0.3 is 9.30 Å². The number of nitrogens with one attached hydrogen (secondary N) is 2. The molecule has 4 rings (SSSR count). The average molecular weight is 378 g/mol. The summed E-state index contributed by atoms with van der Waals surface area (Å²) in [5, 5.41) is 0.881. The molecule has 2 N–H and O–H groups in total. The molecule has 0 bridgehead atoms. The van der Waals surface area contributed by atoms with Gasteiger partial charge in [0, 0.05) is 49.5 Å². The van der Waals surface area contributed by atoms with Crippen LogP contribution < -0.4 is 21.1 Å². The van der Waals surface area contributed by atoms with Gasteiger partial charge in [-0.2, -0.15) is 0 Å². The summed E-state index contributed by atoms with van der Waals surface area (Å²) in [7, 11) is 1.79. The zero-order valence-electron chi connectivity index (χ0n) is 14.4. The summed E-state index contributed by atoms with van der Waals surface area (Å²) in [5.74, 6) is -0.154. The molecule has 1 aliphatic heterocycles. The zero-order chi connectivity index (χ0) is 19.2. The number of hydrazine groups is 1. The van der Waals surface area contributed by atoms with Crippen LogP contribution in [-0.2, 0) is 7.05 Å². The molecule has 6 nitrogen and oxygen atoms in total. The summed E-state index contributed by atoms with van der Waals surface area (Å²) < 4.78 is 44.2. The minimum Gasteiger partial charge on any atom is -0.406 e. The number of ether oxygens (including phenoxy) is 1. The highest BCUT2D eigenvalue weighted by molar-refractivity contribution is 5.83. The highest BCUT2D eigenvalue weighted by Gasteiger charge is 2.31. The Morgan fingerprint density at radius 1 is 1.11 bits per heavy atom. The maximum Gasteiger partial charge on any atom is 0.573 e. The Morgan fingerprint density at radius 3 is 2.41 bits per heavy atom. The van der Waals surface area contributed by atoms with E-state index in [-0.39, 0.29) is 17.2 Å². The summed E-state index contributed by atoms with van der Waals surface area (Å²) >= 11 is 0. The van der Waals surface area contributed by atoms with Crippen LogP contribution in [0.5, 0.6) is 5.75 Å². The quantitative estimate of drug-likeness (QED) is 0.735. The van der Waals surface area contributed by atoms with E-state index in [0.717, 1.165) is 24.0 Å². The Kier molecular flexibility index (Phi) is 4.20. The summed E-state index contributed by atoms with van der Waals surface area (Å²) in [6, 6.07) is 7.18. The van der Waals surface area contributed by atoms with Gasteiger partial charge in [0.15, 0.2) is 0 Å². The second kappa shape index (κ2) is 6.43. The van der Waals surface area contributed by atoms with E-state index in [1.165, 1.54) is 28.8 Å². The maximum atomic E-state index is 13.0. The highest BCUT2D eigenvalue weighted by Crippen LogP contribution is 2.27. The van der Waals surface area contributed by atoms with Crippen LogP contribution in [0.4, 0.5) is 13.2 Å². The lowest BCUT2D eigenvalue weighted by Crippen LogP contribution is -2.22. The van der Waals surface area contributed by atoms with Gasteiger partial charge in [0.2, 0.25) is 0 Å². The molecule has 0 saturated carbocycles. The van der Waals surface area contributed by atoms with E-state index in [1.807, 2.05) is 12.3 Å². The molecule has 9 heteroatoms. The molecule has 0 spiro atoms. The molecule has 0 atom stereocenters. The average Bonchev–Trinajstić information content (AvgIpc) is 3.25. The molecule has 1 aromatic carbocycles. The van der Waals surface area contributed by atoms with Crippen LogP contribution in [-0.4, -0.2) is 28.6 Å². The molecule has 3 heterocycles. The van der Waals surface area contributed by atoms with E-state index >= 15 is 0 Å². The lowest BCUT2D eigenvalue weighted by molar-refractivity contribution is -0.274. The fourth-order valence-corrected chi connectivity index (χ4v) is 3.42. The third-order valence-corrected chi connectivity index (χ3v) is 4.68. The SMILES string of the molecule is Cn1ccc2c(C3CNNC3)cn(-c3ccc(OC(F)(F)F)cc3)c(=O)c21. The van der Waals surface area contributed by atoms with Crippen molar-refractivity contribution in [2.45, 2.75) is 12.3 Å². The number of alkyl halides is 3. The van der Waals surface area contributed by atoms with Crippen molar-refractivity contribution in [1.82, 2.24) is 20.0 Å². The predicted octanol–water partition coefficient (Wildman–Crippen LogP) is 2.42. The smallest absolute Gasteiger partial charge is 0.406 e. The van der Waals surface area contributed by atoms with Gasteiger partial charge >= 0.3 is 6.36 Å². The molecule has 3 aromatic rings. The first-order valence-electron chi connectivity index (χ1n) is 8.36. The summed E-state index contributed by atoms with van der Waals surface area (Å²) in [5.41, 5.74) is 7.94. The molecule has 1 aliphatic rings. The molecular formula is C18H17F3N4O2. The van der Waals surface area contributed by atoms with Crippen molar-refractivity contribution in [2.75, 3.05) is 13.1 Å². The van der Waals surface area contributed by atoms with Gasteiger partial charge in [0.1, 0.15) is 11.3 Å². The topological polar surface area (TPSA) is 60.2 Å². The Balaban J connectivity index is 1.83. The standard InChI is InChI=1S/C18H17F3N4O2/c1-24-7-6-14-15(11-8-22-23-9-11)10-25(17(26)16(14)24)12-2-4-13(5-3-12)27-18(19,20)21/h2-7,10-11,22-23H,8-9H2,1H3. The Hall–Kier alpha value is -2.78. The van der Waals surface area contributed by atoms with E-state index in [0.29, 0.717) is 11.2 Å². The summed E-state index contributed by atoms with van der Waals surface area (Å²) in [4.78, 5) is 13.0. The summed E-state index contributed by atoms with van der Waals surface area (Å²) in [6.45, 7) is 1.45. The van der Waals surface area contributed by atoms with E-state index in [1.54, 1.807) is 17.8 Å². The van der Waals surface area contributed by atoms with Crippen molar-refractivity contribution in [3.05, 3.63) is 58.6 Å². The first-order valence-corrected chi connectivity index (χ1v) is 8.36. The molecule has 1 fully saturated rings. The van der Waals surface area contributed by atoms with Crippen molar-refractivity contribution < 1.29 is 17.9 Å². The zero-order valence-corrected chi connectivity index (χ0v) is 14.4. The Labute approximate surface area is 152 Å². The van der Waals surface area contributed by atoms with Gasteiger partial charge in [0.25, 0.3) is 5.56 Å². The lowest BCUT2D eigenvalue weighted by Gasteiger charge is -2.15. The van der Waals surface area contributed by atoms with Gasteiger partial charge in [-0.15, -0.1) is 13.2 Å². The van der Waals surface area contributed by atoms with Crippen LogP contribution in [0.1, 0.15) is 11.5 Å². The maximum absolute atomic E-state index is 13.0. The minimum absolute atomic E-state index is 0.176. The van der Waals surface area contributed by atoms with E-state index in [9.17, 15) is 18.0 Å².